The molecule has 3 rings (SSSR count). The standard InChI is InChI=1S/C18H26N2O2/c21-17(22)7-10-19-12-18(8-4-9-18)13-20-16-11-15(16)14-5-2-1-3-6-14/h1-3,5-6,15-16,19-20H,4,7-13H2,(H,21,22)/t15-,16+/m1/s1. The van der Waals surface area contributed by atoms with Crippen LogP contribution in [0.1, 0.15) is 43.6 Å². The number of carbonyl (C=O) groups is 1. The van der Waals surface area contributed by atoms with Crippen LogP contribution in [0.15, 0.2) is 30.3 Å². The highest BCUT2D eigenvalue weighted by atomic mass is 16.4. The van der Waals surface area contributed by atoms with Crippen LogP contribution >= 0.6 is 0 Å². The first kappa shape index (κ1) is 15.5. The first-order valence-electron chi connectivity index (χ1n) is 8.39. The van der Waals surface area contributed by atoms with E-state index < -0.39 is 5.97 Å². The highest BCUT2D eigenvalue weighted by Gasteiger charge is 2.42. The summed E-state index contributed by atoms with van der Waals surface area (Å²) in [4.78, 5) is 10.5. The van der Waals surface area contributed by atoms with Crippen LogP contribution in [-0.2, 0) is 4.79 Å². The fourth-order valence-corrected chi connectivity index (χ4v) is 3.48. The molecule has 0 spiro atoms. The first-order valence-corrected chi connectivity index (χ1v) is 8.39. The van der Waals surface area contributed by atoms with E-state index in [0.717, 1.165) is 13.1 Å². The molecule has 3 N–H and O–H groups in total. The molecule has 2 saturated carbocycles. The molecule has 0 saturated heterocycles. The van der Waals surface area contributed by atoms with Gasteiger partial charge in [0.1, 0.15) is 0 Å². The third-order valence-corrected chi connectivity index (χ3v) is 5.19. The van der Waals surface area contributed by atoms with Gasteiger partial charge < -0.3 is 15.7 Å². The van der Waals surface area contributed by atoms with Crippen LogP contribution in [-0.4, -0.2) is 36.8 Å². The lowest BCUT2D eigenvalue weighted by Gasteiger charge is -2.42. The van der Waals surface area contributed by atoms with Gasteiger partial charge in [0.15, 0.2) is 0 Å². The minimum absolute atomic E-state index is 0.211. The van der Waals surface area contributed by atoms with Gasteiger partial charge in [-0.05, 0) is 30.2 Å². The molecule has 4 nitrogen and oxygen atoms in total. The first-order chi connectivity index (χ1) is 10.7. The summed E-state index contributed by atoms with van der Waals surface area (Å²) in [6, 6.07) is 11.4. The van der Waals surface area contributed by atoms with Crippen LogP contribution in [0.2, 0.25) is 0 Å². The van der Waals surface area contributed by atoms with Gasteiger partial charge in [-0.15, -0.1) is 0 Å². The maximum atomic E-state index is 10.5. The summed E-state index contributed by atoms with van der Waals surface area (Å²) in [5, 5.41) is 15.8. The Labute approximate surface area is 132 Å². The minimum atomic E-state index is -0.725. The van der Waals surface area contributed by atoms with Gasteiger partial charge in [-0.25, -0.2) is 0 Å². The highest BCUT2D eigenvalue weighted by Crippen LogP contribution is 2.44. The zero-order valence-corrected chi connectivity index (χ0v) is 13.1. The maximum Gasteiger partial charge on any atom is 0.304 e. The van der Waals surface area contributed by atoms with Crippen LogP contribution in [0.25, 0.3) is 0 Å². The summed E-state index contributed by atoms with van der Waals surface area (Å²) < 4.78 is 0. The van der Waals surface area contributed by atoms with Crippen LogP contribution in [0.3, 0.4) is 0 Å². The average molecular weight is 302 g/mol. The van der Waals surface area contributed by atoms with E-state index >= 15 is 0 Å². The fourth-order valence-electron chi connectivity index (χ4n) is 3.48. The summed E-state index contributed by atoms with van der Waals surface area (Å²) in [5.41, 5.74) is 1.80. The topological polar surface area (TPSA) is 61.4 Å². The van der Waals surface area contributed by atoms with Crippen molar-refractivity contribution in [2.24, 2.45) is 5.41 Å². The van der Waals surface area contributed by atoms with Crippen LogP contribution in [0.5, 0.6) is 0 Å². The Bertz CT molecular complexity index is 499. The Morgan fingerprint density at radius 1 is 1.23 bits per heavy atom. The molecule has 4 heteroatoms. The van der Waals surface area contributed by atoms with Gasteiger partial charge in [0.2, 0.25) is 0 Å². The quantitative estimate of drug-likeness (QED) is 0.613. The lowest BCUT2D eigenvalue weighted by Crippen LogP contribution is -2.48. The fraction of sp³-hybridized carbons (Fsp3) is 0.611. The van der Waals surface area contributed by atoms with Crippen molar-refractivity contribution in [3.05, 3.63) is 35.9 Å². The Hall–Kier alpha value is -1.39. The minimum Gasteiger partial charge on any atom is -0.481 e. The van der Waals surface area contributed by atoms with Gasteiger partial charge >= 0.3 is 5.97 Å². The van der Waals surface area contributed by atoms with Crippen molar-refractivity contribution in [3.8, 4) is 0 Å². The molecule has 2 aliphatic rings. The molecule has 2 atom stereocenters. The molecule has 1 aromatic rings. The molecule has 120 valence electrons. The van der Waals surface area contributed by atoms with Crippen molar-refractivity contribution in [2.45, 2.75) is 44.1 Å². The van der Waals surface area contributed by atoms with Gasteiger partial charge in [0.05, 0.1) is 6.42 Å². The van der Waals surface area contributed by atoms with E-state index in [4.69, 9.17) is 5.11 Å². The number of carboxylic acids is 1. The molecular weight excluding hydrogens is 276 g/mol. The normalized spacial score (nSPS) is 25.5. The second kappa shape index (κ2) is 6.80. The van der Waals surface area contributed by atoms with Gasteiger partial charge in [0.25, 0.3) is 0 Å². The number of hydrogen-bond donors (Lipinski definition) is 3. The number of benzene rings is 1. The van der Waals surface area contributed by atoms with Crippen molar-refractivity contribution in [3.63, 3.8) is 0 Å². The Morgan fingerprint density at radius 2 is 2.00 bits per heavy atom. The van der Waals surface area contributed by atoms with Crippen LogP contribution < -0.4 is 10.6 Å². The largest absolute Gasteiger partial charge is 0.481 e. The molecule has 0 aromatic heterocycles. The van der Waals surface area contributed by atoms with E-state index in [9.17, 15) is 4.79 Å². The van der Waals surface area contributed by atoms with Crippen molar-refractivity contribution in [1.82, 2.24) is 10.6 Å². The molecule has 0 unspecified atom stereocenters. The highest BCUT2D eigenvalue weighted by molar-refractivity contribution is 5.66. The molecular formula is C18H26N2O2. The van der Waals surface area contributed by atoms with Crippen molar-refractivity contribution < 1.29 is 9.90 Å². The number of rotatable bonds is 9. The molecule has 2 fully saturated rings. The molecule has 22 heavy (non-hydrogen) atoms. The van der Waals surface area contributed by atoms with E-state index in [2.05, 4.69) is 41.0 Å². The van der Waals surface area contributed by atoms with E-state index in [1.165, 1.54) is 31.2 Å². The van der Waals surface area contributed by atoms with Crippen molar-refractivity contribution >= 4 is 5.97 Å². The number of hydrogen-bond acceptors (Lipinski definition) is 3. The summed E-state index contributed by atoms with van der Waals surface area (Å²) in [6.07, 6.45) is 5.26. The van der Waals surface area contributed by atoms with Crippen LogP contribution in [0.4, 0.5) is 0 Å². The summed E-state index contributed by atoms with van der Waals surface area (Å²) in [5.74, 6) is -0.0461. The second-order valence-electron chi connectivity index (χ2n) is 6.91. The predicted molar refractivity (Wildman–Crippen MR) is 87.0 cm³/mol. The van der Waals surface area contributed by atoms with E-state index in [-0.39, 0.29) is 6.42 Å². The molecule has 1 aromatic carbocycles. The summed E-state index contributed by atoms with van der Waals surface area (Å²) >= 11 is 0. The number of aliphatic carboxylic acids is 1. The lowest BCUT2D eigenvalue weighted by atomic mass is 9.68. The second-order valence-corrected chi connectivity index (χ2v) is 6.91. The summed E-state index contributed by atoms with van der Waals surface area (Å²) in [6.45, 7) is 2.57. The zero-order chi connectivity index (χ0) is 15.4. The monoisotopic (exact) mass is 302 g/mol. The Kier molecular flexibility index (Phi) is 4.79. The Balaban J connectivity index is 1.39. The summed E-state index contributed by atoms with van der Waals surface area (Å²) in [7, 11) is 0. The smallest absolute Gasteiger partial charge is 0.304 e. The Morgan fingerprint density at radius 3 is 2.64 bits per heavy atom. The maximum absolute atomic E-state index is 10.5. The molecule has 0 radical (unpaired) electrons. The van der Waals surface area contributed by atoms with Crippen molar-refractivity contribution in [1.29, 1.82) is 0 Å². The molecule has 0 bridgehead atoms. The third-order valence-electron chi connectivity index (χ3n) is 5.19. The van der Waals surface area contributed by atoms with Crippen molar-refractivity contribution in [2.75, 3.05) is 19.6 Å². The predicted octanol–water partition coefficient (Wildman–Crippen LogP) is 2.37. The average Bonchev–Trinajstić information content (AvgIpc) is 3.25. The zero-order valence-electron chi connectivity index (χ0n) is 13.1. The van der Waals surface area contributed by atoms with Gasteiger partial charge in [-0.2, -0.15) is 0 Å². The van der Waals surface area contributed by atoms with Gasteiger partial charge in [-0.1, -0.05) is 36.8 Å². The third kappa shape index (κ3) is 3.87. The number of carboxylic acid groups (broad SMARTS) is 1. The van der Waals surface area contributed by atoms with E-state index in [1.807, 2.05) is 0 Å². The molecule has 0 heterocycles. The van der Waals surface area contributed by atoms with Crippen LogP contribution in [0, 0.1) is 5.41 Å². The van der Waals surface area contributed by atoms with Gasteiger partial charge in [-0.3, -0.25) is 4.79 Å². The SMILES string of the molecule is O=C(O)CCNCC1(CN[C@H]2C[C@@H]2c2ccccc2)CCC1. The number of nitrogens with one attached hydrogen (secondary N) is 2. The molecule has 2 aliphatic carbocycles. The lowest BCUT2D eigenvalue weighted by molar-refractivity contribution is -0.136. The van der Waals surface area contributed by atoms with Gasteiger partial charge in [0, 0.05) is 31.6 Å². The van der Waals surface area contributed by atoms with E-state index in [1.54, 1.807) is 0 Å². The van der Waals surface area contributed by atoms with E-state index in [0.29, 0.717) is 23.9 Å². The molecule has 0 amide bonds. The molecule has 0 aliphatic heterocycles.